The molecule has 4 rings (SSSR count). The molecule has 9 heteroatoms. The summed E-state index contributed by atoms with van der Waals surface area (Å²) in [6.45, 7) is 0. The van der Waals surface area contributed by atoms with E-state index in [4.69, 9.17) is 5.73 Å². The maximum absolute atomic E-state index is 11.8. The largest absolute Gasteiger partial charge is 0.368 e. The molecule has 0 saturated heterocycles. The minimum Gasteiger partial charge on any atom is -0.368 e. The number of nitrogens with one attached hydrogen (secondary N) is 1. The van der Waals surface area contributed by atoms with Crippen LogP contribution in [-0.2, 0) is 10.0 Å². The van der Waals surface area contributed by atoms with E-state index in [0.717, 1.165) is 28.5 Å². The molecule has 3 N–H and O–H groups in total. The summed E-state index contributed by atoms with van der Waals surface area (Å²) in [7, 11) is -3.42. The van der Waals surface area contributed by atoms with Crippen LogP contribution in [0.1, 0.15) is 0 Å². The standard InChI is InChI=1S/C21H18BrN5O2S/c1-30(28,29)26-19-10-6-5-9-16(19)14-11-12-18-17(13-14)20(25-21(23)24-18)27(22)15-7-3-2-4-8-15/h2-13,26H,1H3,(H2,23,24,25). The van der Waals surface area contributed by atoms with Crippen LogP contribution in [-0.4, -0.2) is 24.6 Å². The average Bonchev–Trinajstić information content (AvgIpc) is 2.72. The lowest BCUT2D eigenvalue weighted by molar-refractivity contribution is 0.607. The SMILES string of the molecule is CS(=O)(=O)Nc1ccccc1-c1ccc2nc(N)nc(N(Br)c3ccccc3)c2c1. The Kier molecular flexibility index (Phi) is 5.31. The van der Waals surface area contributed by atoms with Crippen LogP contribution >= 0.6 is 16.1 Å². The number of nitrogens with two attached hydrogens (primary N) is 1. The summed E-state index contributed by atoms with van der Waals surface area (Å²) in [6.07, 6.45) is 1.13. The Bertz CT molecular complexity index is 1330. The molecule has 0 spiro atoms. The van der Waals surface area contributed by atoms with Crippen molar-refractivity contribution in [2.24, 2.45) is 0 Å². The van der Waals surface area contributed by atoms with E-state index < -0.39 is 10.0 Å². The first-order chi connectivity index (χ1) is 14.3. The van der Waals surface area contributed by atoms with Gasteiger partial charge >= 0.3 is 0 Å². The molecule has 30 heavy (non-hydrogen) atoms. The van der Waals surface area contributed by atoms with Crippen molar-refractivity contribution in [1.29, 1.82) is 0 Å². The van der Waals surface area contributed by atoms with Crippen molar-refractivity contribution in [3.63, 3.8) is 0 Å². The summed E-state index contributed by atoms with van der Waals surface area (Å²) in [4.78, 5) is 8.77. The second-order valence-electron chi connectivity index (χ2n) is 6.67. The fourth-order valence-corrected chi connectivity index (χ4v) is 4.24. The Morgan fingerprint density at radius 2 is 1.67 bits per heavy atom. The molecule has 0 saturated carbocycles. The van der Waals surface area contributed by atoms with Gasteiger partial charge in [-0.3, -0.25) is 8.65 Å². The van der Waals surface area contributed by atoms with E-state index in [0.29, 0.717) is 17.0 Å². The van der Waals surface area contributed by atoms with Crippen LogP contribution in [0.3, 0.4) is 0 Å². The lowest BCUT2D eigenvalue weighted by Gasteiger charge is -2.18. The third-order valence-corrected chi connectivity index (χ3v) is 5.73. The van der Waals surface area contributed by atoms with E-state index in [1.54, 1.807) is 16.1 Å². The monoisotopic (exact) mass is 483 g/mol. The molecule has 0 unspecified atom stereocenters. The number of para-hydroxylation sites is 2. The van der Waals surface area contributed by atoms with Gasteiger partial charge in [0.1, 0.15) is 0 Å². The number of nitrogens with zero attached hydrogens (tertiary/aromatic N) is 3. The number of benzene rings is 3. The van der Waals surface area contributed by atoms with Gasteiger partial charge in [-0.05, 0) is 35.9 Å². The minimum absolute atomic E-state index is 0.157. The molecule has 0 aliphatic carbocycles. The molecular formula is C21H18BrN5O2S. The van der Waals surface area contributed by atoms with E-state index in [-0.39, 0.29) is 5.95 Å². The van der Waals surface area contributed by atoms with Crippen molar-refractivity contribution in [2.45, 2.75) is 0 Å². The number of sulfonamides is 1. The third kappa shape index (κ3) is 4.22. The van der Waals surface area contributed by atoms with Gasteiger partial charge in [0.25, 0.3) is 0 Å². The minimum atomic E-state index is -3.42. The number of nitrogen functional groups attached to an aromatic ring is 1. The van der Waals surface area contributed by atoms with Gasteiger partial charge in [0.2, 0.25) is 16.0 Å². The van der Waals surface area contributed by atoms with Crippen LogP contribution in [0.15, 0.2) is 72.8 Å². The van der Waals surface area contributed by atoms with E-state index in [9.17, 15) is 8.42 Å². The molecule has 0 amide bonds. The highest BCUT2D eigenvalue weighted by molar-refractivity contribution is 9.10. The first-order valence-corrected chi connectivity index (χ1v) is 11.6. The van der Waals surface area contributed by atoms with E-state index in [2.05, 4.69) is 30.8 Å². The van der Waals surface area contributed by atoms with E-state index >= 15 is 0 Å². The summed E-state index contributed by atoms with van der Waals surface area (Å²) >= 11 is 3.58. The van der Waals surface area contributed by atoms with Crippen molar-refractivity contribution in [3.8, 4) is 11.1 Å². The van der Waals surface area contributed by atoms with Crippen molar-refractivity contribution < 1.29 is 8.42 Å². The zero-order chi connectivity index (χ0) is 21.3. The van der Waals surface area contributed by atoms with Gasteiger partial charge in [0.05, 0.1) is 39.3 Å². The molecule has 0 atom stereocenters. The second kappa shape index (κ2) is 7.92. The third-order valence-electron chi connectivity index (χ3n) is 4.40. The fraction of sp³-hybridized carbons (Fsp3) is 0.0476. The van der Waals surface area contributed by atoms with Gasteiger partial charge in [-0.25, -0.2) is 13.4 Å². The predicted molar refractivity (Wildman–Crippen MR) is 125 cm³/mol. The van der Waals surface area contributed by atoms with Crippen LogP contribution in [0.25, 0.3) is 22.0 Å². The smallest absolute Gasteiger partial charge is 0.229 e. The molecule has 1 heterocycles. The van der Waals surface area contributed by atoms with Crippen LogP contribution in [0.5, 0.6) is 0 Å². The van der Waals surface area contributed by atoms with E-state index in [1.807, 2.05) is 60.7 Å². The topological polar surface area (TPSA) is 101 Å². The zero-order valence-electron chi connectivity index (χ0n) is 15.9. The van der Waals surface area contributed by atoms with Crippen LogP contribution < -0.4 is 14.4 Å². The van der Waals surface area contributed by atoms with Gasteiger partial charge in [0.15, 0.2) is 5.82 Å². The zero-order valence-corrected chi connectivity index (χ0v) is 18.4. The Hall–Kier alpha value is -3.17. The average molecular weight is 484 g/mol. The Morgan fingerprint density at radius 1 is 0.967 bits per heavy atom. The Balaban J connectivity index is 1.89. The number of hydrogen-bond donors (Lipinski definition) is 2. The highest BCUT2D eigenvalue weighted by atomic mass is 79.9. The fourth-order valence-electron chi connectivity index (χ4n) is 3.15. The molecule has 1 aromatic heterocycles. The number of anilines is 4. The lowest BCUT2D eigenvalue weighted by atomic mass is 10.0. The quantitative estimate of drug-likeness (QED) is 0.399. The lowest BCUT2D eigenvalue weighted by Crippen LogP contribution is -2.10. The number of halogens is 1. The molecule has 0 bridgehead atoms. The van der Waals surface area contributed by atoms with Crippen LogP contribution in [0.2, 0.25) is 0 Å². The van der Waals surface area contributed by atoms with Gasteiger partial charge in [0, 0.05) is 10.9 Å². The van der Waals surface area contributed by atoms with Crippen molar-refractivity contribution >= 4 is 60.2 Å². The number of fused-ring (bicyclic) bond motifs is 1. The maximum atomic E-state index is 11.8. The van der Waals surface area contributed by atoms with Gasteiger partial charge in [-0.15, -0.1) is 0 Å². The molecule has 0 aliphatic rings. The Labute approximate surface area is 183 Å². The van der Waals surface area contributed by atoms with Gasteiger partial charge in [-0.2, -0.15) is 4.98 Å². The van der Waals surface area contributed by atoms with Gasteiger partial charge < -0.3 is 5.73 Å². The highest BCUT2D eigenvalue weighted by Crippen LogP contribution is 2.37. The maximum Gasteiger partial charge on any atom is 0.229 e. The van der Waals surface area contributed by atoms with Crippen molar-refractivity contribution in [2.75, 3.05) is 20.6 Å². The summed E-state index contributed by atoms with van der Waals surface area (Å²) < 4.78 is 27.9. The second-order valence-corrected chi connectivity index (χ2v) is 9.13. The van der Waals surface area contributed by atoms with Crippen LogP contribution in [0.4, 0.5) is 23.1 Å². The number of hydrogen-bond acceptors (Lipinski definition) is 6. The first-order valence-electron chi connectivity index (χ1n) is 8.97. The van der Waals surface area contributed by atoms with Crippen molar-refractivity contribution in [3.05, 3.63) is 72.8 Å². The molecule has 0 aliphatic heterocycles. The first kappa shape index (κ1) is 20.1. The summed E-state index contributed by atoms with van der Waals surface area (Å²) in [5.41, 5.74) is 9.55. The number of rotatable bonds is 5. The molecule has 152 valence electrons. The van der Waals surface area contributed by atoms with Crippen molar-refractivity contribution in [1.82, 2.24) is 9.97 Å². The highest BCUT2D eigenvalue weighted by Gasteiger charge is 2.16. The summed E-state index contributed by atoms with van der Waals surface area (Å²) in [5.74, 6) is 0.740. The molecule has 4 aromatic rings. The van der Waals surface area contributed by atoms with Crippen LogP contribution in [0, 0.1) is 0 Å². The molecule has 0 radical (unpaired) electrons. The predicted octanol–water partition coefficient (Wildman–Crippen LogP) is 4.70. The molecular weight excluding hydrogens is 466 g/mol. The van der Waals surface area contributed by atoms with E-state index in [1.165, 1.54) is 0 Å². The Morgan fingerprint density at radius 3 is 2.40 bits per heavy atom. The normalized spacial score (nSPS) is 11.4. The molecule has 7 nitrogen and oxygen atoms in total. The summed E-state index contributed by atoms with van der Waals surface area (Å²) in [5, 5.41) is 0.761. The van der Waals surface area contributed by atoms with Gasteiger partial charge in [-0.1, -0.05) is 42.5 Å². The summed E-state index contributed by atoms with van der Waals surface area (Å²) in [6, 6.07) is 22.5. The molecule has 3 aromatic carbocycles. The number of aromatic nitrogens is 2. The molecule has 0 fully saturated rings.